The fourth-order valence-electron chi connectivity index (χ4n) is 3.33. The van der Waals surface area contributed by atoms with E-state index in [2.05, 4.69) is 42.5 Å². The molecule has 1 aliphatic rings. The fraction of sp³-hybridized carbons (Fsp3) is 0.474. The summed E-state index contributed by atoms with van der Waals surface area (Å²) in [6.45, 7) is 0.951. The van der Waals surface area contributed by atoms with Gasteiger partial charge in [-0.15, -0.1) is 0 Å². The highest BCUT2D eigenvalue weighted by atomic mass is 16.5. The van der Waals surface area contributed by atoms with Crippen molar-refractivity contribution in [3.8, 4) is 0 Å². The molecule has 2 aromatic carbocycles. The molecule has 2 heteroatoms. The Bertz CT molecular complexity index is 569. The molecule has 1 aliphatic heterocycles. The molecule has 0 bridgehead atoms. The molecule has 0 aromatic heterocycles. The lowest BCUT2D eigenvalue weighted by Crippen LogP contribution is -2.23. The number of rotatable bonds is 6. The van der Waals surface area contributed by atoms with Crippen LogP contribution in [0, 0.1) is 0 Å². The van der Waals surface area contributed by atoms with E-state index in [0.717, 1.165) is 19.4 Å². The highest BCUT2D eigenvalue weighted by Gasteiger charge is 2.15. The van der Waals surface area contributed by atoms with Gasteiger partial charge in [-0.2, -0.15) is 0 Å². The number of nitrogens with two attached hydrogens (primary N) is 1. The average Bonchev–Trinajstić information content (AvgIpc) is 3.01. The second kappa shape index (κ2) is 7.06. The van der Waals surface area contributed by atoms with Gasteiger partial charge >= 0.3 is 0 Å². The SMILES string of the molecule is NC(CCCC1CCCO1)Cc1cccc2ccccc12. The first-order chi connectivity index (χ1) is 10.3. The van der Waals surface area contributed by atoms with Crippen molar-refractivity contribution in [2.24, 2.45) is 5.73 Å². The number of hydrogen-bond donors (Lipinski definition) is 1. The monoisotopic (exact) mass is 283 g/mol. The Morgan fingerprint density at radius 3 is 2.86 bits per heavy atom. The molecule has 0 radical (unpaired) electrons. The highest BCUT2D eigenvalue weighted by Crippen LogP contribution is 2.21. The van der Waals surface area contributed by atoms with E-state index in [-0.39, 0.29) is 6.04 Å². The first kappa shape index (κ1) is 14.6. The molecule has 0 aliphatic carbocycles. The zero-order chi connectivity index (χ0) is 14.5. The summed E-state index contributed by atoms with van der Waals surface area (Å²) in [4.78, 5) is 0. The minimum atomic E-state index is 0.247. The summed E-state index contributed by atoms with van der Waals surface area (Å²) in [5, 5.41) is 2.65. The quantitative estimate of drug-likeness (QED) is 0.867. The minimum absolute atomic E-state index is 0.247. The maximum Gasteiger partial charge on any atom is 0.0576 e. The van der Waals surface area contributed by atoms with Gasteiger partial charge in [0.15, 0.2) is 0 Å². The minimum Gasteiger partial charge on any atom is -0.378 e. The van der Waals surface area contributed by atoms with Crippen LogP contribution in [0.4, 0.5) is 0 Å². The lowest BCUT2D eigenvalue weighted by molar-refractivity contribution is 0.101. The topological polar surface area (TPSA) is 35.2 Å². The van der Waals surface area contributed by atoms with Gasteiger partial charge in [-0.05, 0) is 54.9 Å². The summed E-state index contributed by atoms with van der Waals surface area (Å²) >= 11 is 0. The van der Waals surface area contributed by atoms with Crippen LogP contribution in [0.1, 0.15) is 37.7 Å². The van der Waals surface area contributed by atoms with Crippen molar-refractivity contribution in [3.05, 3.63) is 48.0 Å². The number of hydrogen-bond acceptors (Lipinski definition) is 2. The van der Waals surface area contributed by atoms with Gasteiger partial charge in [0.25, 0.3) is 0 Å². The van der Waals surface area contributed by atoms with Crippen LogP contribution in [0.3, 0.4) is 0 Å². The molecule has 0 saturated carbocycles. The van der Waals surface area contributed by atoms with Crippen LogP contribution < -0.4 is 5.73 Å². The van der Waals surface area contributed by atoms with Gasteiger partial charge in [0.2, 0.25) is 0 Å². The van der Waals surface area contributed by atoms with Gasteiger partial charge in [0.1, 0.15) is 0 Å². The fourth-order valence-corrected chi connectivity index (χ4v) is 3.33. The van der Waals surface area contributed by atoms with Gasteiger partial charge in [-0.1, -0.05) is 42.5 Å². The van der Waals surface area contributed by atoms with Crippen LogP contribution in [0.15, 0.2) is 42.5 Å². The van der Waals surface area contributed by atoms with Crippen molar-refractivity contribution in [1.82, 2.24) is 0 Å². The van der Waals surface area contributed by atoms with E-state index >= 15 is 0 Å². The molecule has 0 amide bonds. The van der Waals surface area contributed by atoms with Crippen molar-refractivity contribution in [3.63, 3.8) is 0 Å². The molecule has 1 heterocycles. The Hall–Kier alpha value is -1.38. The van der Waals surface area contributed by atoms with E-state index in [4.69, 9.17) is 10.5 Å². The summed E-state index contributed by atoms with van der Waals surface area (Å²) in [5.74, 6) is 0. The molecule has 2 atom stereocenters. The lowest BCUT2D eigenvalue weighted by atomic mass is 9.96. The third kappa shape index (κ3) is 3.84. The molecule has 2 N–H and O–H groups in total. The van der Waals surface area contributed by atoms with Crippen molar-refractivity contribution in [1.29, 1.82) is 0 Å². The van der Waals surface area contributed by atoms with E-state index in [0.29, 0.717) is 6.10 Å². The Morgan fingerprint density at radius 1 is 1.14 bits per heavy atom. The number of fused-ring (bicyclic) bond motifs is 1. The van der Waals surface area contributed by atoms with Crippen LogP contribution in [-0.4, -0.2) is 18.8 Å². The molecule has 112 valence electrons. The summed E-state index contributed by atoms with van der Waals surface area (Å²) in [7, 11) is 0. The normalized spacial score (nSPS) is 20.0. The molecule has 21 heavy (non-hydrogen) atoms. The first-order valence-electron chi connectivity index (χ1n) is 8.17. The molecule has 3 rings (SSSR count). The molecule has 2 nitrogen and oxygen atoms in total. The van der Waals surface area contributed by atoms with E-state index in [9.17, 15) is 0 Å². The summed E-state index contributed by atoms with van der Waals surface area (Å²) < 4.78 is 5.67. The van der Waals surface area contributed by atoms with Crippen LogP contribution in [0.2, 0.25) is 0 Å². The van der Waals surface area contributed by atoms with Gasteiger partial charge < -0.3 is 10.5 Å². The van der Waals surface area contributed by atoms with E-state index in [1.165, 1.54) is 42.0 Å². The largest absolute Gasteiger partial charge is 0.378 e. The van der Waals surface area contributed by atoms with Crippen LogP contribution in [-0.2, 0) is 11.2 Å². The van der Waals surface area contributed by atoms with Crippen molar-refractivity contribution < 1.29 is 4.74 Å². The van der Waals surface area contributed by atoms with Crippen molar-refractivity contribution in [2.45, 2.75) is 50.7 Å². The summed E-state index contributed by atoms with van der Waals surface area (Å²) in [5.41, 5.74) is 7.71. The van der Waals surface area contributed by atoms with Crippen LogP contribution in [0.5, 0.6) is 0 Å². The zero-order valence-electron chi connectivity index (χ0n) is 12.6. The van der Waals surface area contributed by atoms with E-state index in [1.807, 2.05) is 0 Å². The smallest absolute Gasteiger partial charge is 0.0576 e. The van der Waals surface area contributed by atoms with Gasteiger partial charge in [0, 0.05) is 12.6 Å². The van der Waals surface area contributed by atoms with Crippen molar-refractivity contribution in [2.75, 3.05) is 6.61 Å². The van der Waals surface area contributed by atoms with E-state index in [1.54, 1.807) is 0 Å². The average molecular weight is 283 g/mol. The standard InChI is InChI=1S/C19H25NO/c20-17(9-4-10-18-11-5-13-21-18)14-16-8-3-7-15-6-1-2-12-19(15)16/h1-3,6-8,12,17-18H,4-5,9-11,13-14,20H2. The number of benzene rings is 2. The zero-order valence-corrected chi connectivity index (χ0v) is 12.6. The predicted octanol–water partition coefficient (Wildman–Crippen LogP) is 4.06. The molecule has 2 aromatic rings. The Balaban J connectivity index is 1.54. The summed E-state index contributed by atoms with van der Waals surface area (Å²) in [6, 6.07) is 15.3. The second-order valence-electron chi connectivity index (χ2n) is 6.17. The maximum absolute atomic E-state index is 6.34. The molecule has 1 saturated heterocycles. The Labute approximate surface area is 127 Å². The van der Waals surface area contributed by atoms with Crippen molar-refractivity contribution >= 4 is 10.8 Å². The highest BCUT2D eigenvalue weighted by molar-refractivity contribution is 5.85. The predicted molar refractivity (Wildman–Crippen MR) is 88.5 cm³/mol. The second-order valence-corrected chi connectivity index (χ2v) is 6.17. The van der Waals surface area contributed by atoms with Crippen LogP contribution >= 0.6 is 0 Å². The first-order valence-corrected chi connectivity index (χ1v) is 8.17. The van der Waals surface area contributed by atoms with Gasteiger partial charge in [-0.25, -0.2) is 0 Å². The maximum atomic E-state index is 6.34. The van der Waals surface area contributed by atoms with Gasteiger partial charge in [0.05, 0.1) is 6.10 Å². The lowest BCUT2D eigenvalue weighted by Gasteiger charge is -2.15. The molecular formula is C19H25NO. The van der Waals surface area contributed by atoms with Gasteiger partial charge in [-0.3, -0.25) is 0 Å². The summed E-state index contributed by atoms with van der Waals surface area (Å²) in [6.07, 6.45) is 7.36. The van der Waals surface area contributed by atoms with Crippen LogP contribution in [0.25, 0.3) is 10.8 Å². The Kier molecular flexibility index (Phi) is 4.89. The molecule has 1 fully saturated rings. The molecule has 0 spiro atoms. The molecule has 2 unspecified atom stereocenters. The number of ether oxygens (including phenoxy) is 1. The Morgan fingerprint density at radius 2 is 2.00 bits per heavy atom. The third-order valence-corrected chi connectivity index (χ3v) is 4.49. The molecular weight excluding hydrogens is 258 g/mol. The third-order valence-electron chi connectivity index (χ3n) is 4.49. The van der Waals surface area contributed by atoms with E-state index < -0.39 is 0 Å².